The Bertz CT molecular complexity index is 468. The molecule has 0 unspecified atom stereocenters. The molecular weight excluding hydrogens is 271 g/mol. The van der Waals surface area contributed by atoms with Gasteiger partial charge in [0.05, 0.1) is 5.56 Å². The summed E-state index contributed by atoms with van der Waals surface area (Å²) in [6, 6.07) is 1.76. The highest BCUT2D eigenvalue weighted by molar-refractivity contribution is 6.30. The van der Waals surface area contributed by atoms with Gasteiger partial charge in [0.15, 0.2) is 0 Å². The fourth-order valence-electron chi connectivity index (χ4n) is 0.911. The fraction of sp³-hybridized carbons (Fsp3) is 0.250. The van der Waals surface area contributed by atoms with E-state index in [1.54, 1.807) is 0 Å². The van der Waals surface area contributed by atoms with Crippen LogP contribution in [0, 0.1) is 11.3 Å². The number of nitriles is 1. The van der Waals surface area contributed by atoms with Crippen LogP contribution < -0.4 is 4.74 Å². The number of pyridine rings is 1. The number of hydrogen-bond acceptors (Lipinski definition) is 3. The third kappa shape index (κ3) is 3.42. The minimum atomic E-state index is -5.09. The van der Waals surface area contributed by atoms with Crippen molar-refractivity contribution in [2.45, 2.75) is 12.8 Å². The second-order valence-electron chi connectivity index (χ2n) is 2.68. The Morgan fingerprint density at radius 3 is 2.41 bits per heavy atom. The van der Waals surface area contributed by atoms with Crippen molar-refractivity contribution in [3.63, 3.8) is 0 Å². The molecule has 1 rings (SSSR count). The van der Waals surface area contributed by atoms with E-state index >= 15 is 0 Å². The molecule has 0 aromatic carbocycles. The molecule has 0 saturated heterocycles. The van der Waals surface area contributed by atoms with Gasteiger partial charge in [-0.2, -0.15) is 10.2 Å². The Balaban J connectivity index is 3.25. The molecule has 17 heavy (non-hydrogen) atoms. The molecular formula is C8H2ClF5N2O. The van der Waals surface area contributed by atoms with Crippen molar-refractivity contribution >= 4 is 11.6 Å². The molecule has 0 N–H and O–H groups in total. The molecule has 0 saturated carbocycles. The minimum absolute atomic E-state index is 0.501. The highest BCUT2D eigenvalue weighted by atomic mass is 35.5. The zero-order chi connectivity index (χ0) is 13.2. The van der Waals surface area contributed by atoms with Crippen LogP contribution in [-0.4, -0.2) is 11.3 Å². The summed E-state index contributed by atoms with van der Waals surface area (Å²) < 4.78 is 63.7. The zero-order valence-corrected chi connectivity index (χ0v) is 8.48. The van der Waals surface area contributed by atoms with Gasteiger partial charge in [-0.25, -0.2) is 8.78 Å². The third-order valence-corrected chi connectivity index (χ3v) is 1.84. The molecule has 92 valence electrons. The SMILES string of the molecule is N#Cc1cc(C(F)F)c(Cl)nc1OC(F)(F)F. The summed E-state index contributed by atoms with van der Waals surface area (Å²) in [5, 5.41) is 7.64. The van der Waals surface area contributed by atoms with Crippen LogP contribution in [0.5, 0.6) is 5.88 Å². The van der Waals surface area contributed by atoms with E-state index in [0.29, 0.717) is 6.07 Å². The van der Waals surface area contributed by atoms with Crippen molar-refractivity contribution < 1.29 is 26.7 Å². The Kier molecular flexibility index (Phi) is 3.72. The molecule has 0 aliphatic carbocycles. The van der Waals surface area contributed by atoms with Crippen molar-refractivity contribution in [3.8, 4) is 11.9 Å². The number of ether oxygens (including phenoxy) is 1. The number of aromatic nitrogens is 1. The molecule has 0 fully saturated rings. The van der Waals surface area contributed by atoms with Gasteiger partial charge in [0, 0.05) is 0 Å². The molecule has 0 bridgehead atoms. The van der Waals surface area contributed by atoms with Gasteiger partial charge in [-0.3, -0.25) is 0 Å². The standard InChI is InChI=1S/C8H2ClF5N2O/c9-5-4(6(10)11)1-3(2-15)7(16-5)17-8(12,13)14/h1,6H. The highest BCUT2D eigenvalue weighted by Crippen LogP contribution is 2.32. The monoisotopic (exact) mass is 272 g/mol. The van der Waals surface area contributed by atoms with E-state index in [0.717, 1.165) is 0 Å². The Morgan fingerprint density at radius 2 is 2.00 bits per heavy atom. The number of rotatable bonds is 2. The van der Waals surface area contributed by atoms with Crippen LogP contribution in [0.4, 0.5) is 22.0 Å². The molecule has 0 spiro atoms. The molecule has 0 radical (unpaired) electrons. The average Bonchev–Trinajstić information content (AvgIpc) is 2.14. The van der Waals surface area contributed by atoms with Crippen molar-refractivity contribution in [1.82, 2.24) is 4.98 Å². The first-order chi connectivity index (χ1) is 7.74. The van der Waals surface area contributed by atoms with Crippen LogP contribution in [0.25, 0.3) is 0 Å². The van der Waals surface area contributed by atoms with Crippen molar-refractivity contribution in [2.75, 3.05) is 0 Å². The van der Waals surface area contributed by atoms with E-state index < -0.39 is 34.9 Å². The summed E-state index contributed by atoms with van der Waals surface area (Å²) in [4.78, 5) is 2.97. The van der Waals surface area contributed by atoms with Gasteiger partial charge < -0.3 is 4.74 Å². The summed E-state index contributed by atoms with van der Waals surface area (Å²) >= 11 is 5.23. The van der Waals surface area contributed by atoms with E-state index in [1.165, 1.54) is 6.07 Å². The van der Waals surface area contributed by atoms with Gasteiger partial charge >= 0.3 is 6.36 Å². The third-order valence-electron chi connectivity index (χ3n) is 1.54. The first kappa shape index (κ1) is 13.4. The molecule has 0 atom stereocenters. The predicted octanol–water partition coefficient (Wildman–Crippen LogP) is 3.44. The lowest BCUT2D eigenvalue weighted by molar-refractivity contribution is -0.276. The quantitative estimate of drug-likeness (QED) is 0.612. The summed E-state index contributed by atoms with van der Waals surface area (Å²) in [5.74, 6) is -1.16. The number of halogens is 6. The van der Waals surface area contributed by atoms with Gasteiger partial charge in [-0.1, -0.05) is 11.6 Å². The molecule has 1 aromatic rings. The molecule has 3 nitrogen and oxygen atoms in total. The van der Waals surface area contributed by atoms with Gasteiger partial charge in [0.2, 0.25) is 5.88 Å². The van der Waals surface area contributed by atoms with Crippen LogP contribution in [0.15, 0.2) is 6.07 Å². The van der Waals surface area contributed by atoms with Crippen LogP contribution in [-0.2, 0) is 0 Å². The van der Waals surface area contributed by atoms with E-state index in [2.05, 4.69) is 9.72 Å². The van der Waals surface area contributed by atoms with E-state index in [-0.39, 0.29) is 0 Å². The lowest BCUT2D eigenvalue weighted by Crippen LogP contribution is -2.19. The summed E-state index contributed by atoms with van der Waals surface area (Å²) in [6.07, 6.45) is -8.14. The zero-order valence-electron chi connectivity index (χ0n) is 7.73. The van der Waals surface area contributed by atoms with Crippen LogP contribution in [0.3, 0.4) is 0 Å². The fourth-order valence-corrected chi connectivity index (χ4v) is 1.13. The van der Waals surface area contributed by atoms with E-state index in [4.69, 9.17) is 16.9 Å². The van der Waals surface area contributed by atoms with Crippen molar-refractivity contribution in [3.05, 3.63) is 22.3 Å². The van der Waals surface area contributed by atoms with Crippen LogP contribution in [0.2, 0.25) is 5.15 Å². The van der Waals surface area contributed by atoms with Gasteiger partial charge in [-0.05, 0) is 6.07 Å². The average molecular weight is 273 g/mol. The normalized spacial score (nSPS) is 11.4. The maximum absolute atomic E-state index is 12.3. The Hall–Kier alpha value is -1.62. The summed E-state index contributed by atoms with van der Waals surface area (Å²) in [6.45, 7) is 0. The van der Waals surface area contributed by atoms with Gasteiger partial charge in [-0.15, -0.1) is 13.2 Å². The molecule has 0 aliphatic rings. The largest absolute Gasteiger partial charge is 0.574 e. The van der Waals surface area contributed by atoms with Crippen molar-refractivity contribution in [2.24, 2.45) is 0 Å². The Morgan fingerprint density at radius 1 is 1.41 bits per heavy atom. The summed E-state index contributed by atoms with van der Waals surface area (Å²) in [7, 11) is 0. The Labute approximate surface area is 96.4 Å². The second-order valence-corrected chi connectivity index (χ2v) is 3.04. The lowest BCUT2D eigenvalue weighted by atomic mass is 10.2. The van der Waals surface area contributed by atoms with E-state index in [9.17, 15) is 22.0 Å². The maximum Gasteiger partial charge on any atom is 0.574 e. The molecule has 1 heterocycles. The first-order valence-corrected chi connectivity index (χ1v) is 4.27. The van der Waals surface area contributed by atoms with Gasteiger partial charge in [0.25, 0.3) is 6.43 Å². The number of hydrogen-bond donors (Lipinski definition) is 0. The van der Waals surface area contributed by atoms with Crippen LogP contribution in [0.1, 0.15) is 17.6 Å². The first-order valence-electron chi connectivity index (χ1n) is 3.89. The molecule has 0 aliphatic heterocycles. The highest BCUT2D eigenvalue weighted by Gasteiger charge is 2.33. The van der Waals surface area contributed by atoms with Crippen LogP contribution >= 0.6 is 11.6 Å². The second kappa shape index (κ2) is 4.71. The maximum atomic E-state index is 12.3. The number of nitrogens with zero attached hydrogens (tertiary/aromatic N) is 2. The predicted molar refractivity (Wildman–Crippen MR) is 45.6 cm³/mol. The minimum Gasteiger partial charge on any atom is -0.386 e. The van der Waals surface area contributed by atoms with E-state index in [1.807, 2.05) is 0 Å². The smallest absolute Gasteiger partial charge is 0.386 e. The molecule has 1 aromatic heterocycles. The lowest BCUT2D eigenvalue weighted by Gasteiger charge is -2.11. The van der Waals surface area contributed by atoms with Gasteiger partial charge in [0.1, 0.15) is 16.8 Å². The summed E-state index contributed by atoms with van der Waals surface area (Å²) in [5.41, 5.74) is -1.61. The number of alkyl halides is 5. The molecule has 0 amide bonds. The molecule has 9 heteroatoms. The topological polar surface area (TPSA) is 45.9 Å². The van der Waals surface area contributed by atoms with Crippen molar-refractivity contribution in [1.29, 1.82) is 5.26 Å².